The van der Waals surface area contributed by atoms with E-state index in [4.69, 9.17) is 16.3 Å². The van der Waals surface area contributed by atoms with Gasteiger partial charge in [0.1, 0.15) is 5.75 Å². The lowest BCUT2D eigenvalue weighted by atomic mass is 10.1. The van der Waals surface area contributed by atoms with E-state index in [-0.39, 0.29) is 11.8 Å². The van der Waals surface area contributed by atoms with Gasteiger partial charge >= 0.3 is 0 Å². The monoisotopic (exact) mass is 449 g/mol. The highest BCUT2D eigenvalue weighted by Gasteiger charge is 2.39. The Morgan fingerprint density at radius 3 is 2.19 bits per heavy atom. The normalized spacial score (nSPS) is 13.8. The Balaban J connectivity index is 1.66. The van der Waals surface area contributed by atoms with Crippen LogP contribution >= 0.6 is 23.4 Å². The van der Waals surface area contributed by atoms with Crippen LogP contribution in [0.2, 0.25) is 5.02 Å². The molecule has 3 aromatic carbocycles. The zero-order valence-corrected chi connectivity index (χ0v) is 18.5. The summed E-state index contributed by atoms with van der Waals surface area (Å²) >= 11 is 7.28. The molecule has 0 saturated carbocycles. The Bertz CT molecular complexity index is 1130. The van der Waals surface area contributed by atoms with Gasteiger partial charge in [0.2, 0.25) is 0 Å². The molecule has 0 radical (unpaired) electrons. The van der Waals surface area contributed by atoms with Crippen LogP contribution in [0.25, 0.3) is 5.57 Å². The fourth-order valence-electron chi connectivity index (χ4n) is 3.37. The molecular formula is C25H20ClNO3S. The number of nitrogens with zero attached hydrogens (tertiary/aromatic N) is 1. The number of carbonyl (C=O) groups excluding carboxylic acids is 2. The van der Waals surface area contributed by atoms with Crippen molar-refractivity contribution in [3.63, 3.8) is 0 Å². The lowest BCUT2D eigenvalue weighted by molar-refractivity contribution is -0.136. The van der Waals surface area contributed by atoms with Gasteiger partial charge in [-0.2, -0.15) is 0 Å². The van der Waals surface area contributed by atoms with Gasteiger partial charge in [-0.05, 0) is 53.9 Å². The predicted molar refractivity (Wildman–Crippen MR) is 124 cm³/mol. The molecule has 0 saturated heterocycles. The smallest absolute Gasteiger partial charge is 0.268 e. The van der Waals surface area contributed by atoms with Gasteiger partial charge in [0.05, 0.1) is 17.6 Å². The third-order valence-electron chi connectivity index (χ3n) is 5.00. The fraction of sp³-hybridized carbons (Fsp3) is 0.120. The molecular weight excluding hydrogens is 430 g/mol. The molecule has 31 heavy (non-hydrogen) atoms. The van der Waals surface area contributed by atoms with Crippen LogP contribution in [-0.4, -0.2) is 30.4 Å². The highest BCUT2D eigenvalue weighted by Crippen LogP contribution is 2.40. The number of methoxy groups -OCH3 is 1. The lowest BCUT2D eigenvalue weighted by Gasteiger charge is -2.15. The second-order valence-corrected chi connectivity index (χ2v) is 8.51. The van der Waals surface area contributed by atoms with Crippen molar-refractivity contribution < 1.29 is 14.3 Å². The van der Waals surface area contributed by atoms with Crippen molar-refractivity contribution in [2.24, 2.45) is 0 Å². The van der Waals surface area contributed by atoms with Gasteiger partial charge in [-0.1, -0.05) is 65.8 Å². The van der Waals surface area contributed by atoms with Crippen LogP contribution in [-0.2, 0) is 16.0 Å². The second-order valence-electron chi connectivity index (χ2n) is 6.99. The van der Waals surface area contributed by atoms with Crippen LogP contribution in [0.5, 0.6) is 5.75 Å². The van der Waals surface area contributed by atoms with Crippen molar-refractivity contribution in [2.45, 2.75) is 11.3 Å². The summed E-state index contributed by atoms with van der Waals surface area (Å²) < 4.78 is 5.23. The maximum absolute atomic E-state index is 13.3. The largest absolute Gasteiger partial charge is 0.497 e. The molecule has 156 valence electrons. The summed E-state index contributed by atoms with van der Waals surface area (Å²) in [5, 5.41) is 0.618. The molecule has 1 heterocycles. The zero-order chi connectivity index (χ0) is 21.8. The van der Waals surface area contributed by atoms with E-state index in [2.05, 4.69) is 0 Å². The number of thioether (sulfide) groups is 1. The average molecular weight is 450 g/mol. The summed E-state index contributed by atoms with van der Waals surface area (Å²) in [5.41, 5.74) is 2.19. The third kappa shape index (κ3) is 4.68. The number of ether oxygens (including phenoxy) is 1. The van der Waals surface area contributed by atoms with Crippen molar-refractivity contribution in [1.29, 1.82) is 0 Å². The first kappa shape index (κ1) is 21.2. The van der Waals surface area contributed by atoms with Crippen molar-refractivity contribution in [1.82, 2.24) is 4.90 Å². The molecule has 2 amide bonds. The second kappa shape index (κ2) is 9.41. The van der Waals surface area contributed by atoms with E-state index < -0.39 is 0 Å². The number of halogens is 1. The highest BCUT2D eigenvalue weighted by molar-refractivity contribution is 8.04. The van der Waals surface area contributed by atoms with Crippen LogP contribution in [0.4, 0.5) is 0 Å². The highest BCUT2D eigenvalue weighted by atomic mass is 35.5. The van der Waals surface area contributed by atoms with Gasteiger partial charge in [-0.25, -0.2) is 0 Å². The fourth-order valence-corrected chi connectivity index (χ4v) is 4.51. The van der Waals surface area contributed by atoms with Crippen molar-refractivity contribution in [2.75, 3.05) is 13.7 Å². The summed E-state index contributed by atoms with van der Waals surface area (Å²) in [4.78, 5) is 29.2. The molecule has 4 nitrogen and oxygen atoms in total. The Kier molecular flexibility index (Phi) is 6.44. The van der Waals surface area contributed by atoms with Gasteiger partial charge in [0.15, 0.2) is 0 Å². The molecule has 0 bridgehead atoms. The molecule has 1 aliphatic heterocycles. The maximum atomic E-state index is 13.3. The number of imide groups is 1. The van der Waals surface area contributed by atoms with Gasteiger partial charge in [-0.3, -0.25) is 14.5 Å². The summed E-state index contributed by atoms with van der Waals surface area (Å²) in [5.74, 6) is 0.142. The topological polar surface area (TPSA) is 46.6 Å². The van der Waals surface area contributed by atoms with Crippen LogP contribution in [0.1, 0.15) is 11.1 Å². The third-order valence-corrected chi connectivity index (χ3v) is 6.35. The van der Waals surface area contributed by atoms with Gasteiger partial charge in [-0.15, -0.1) is 0 Å². The number of carbonyl (C=O) groups is 2. The average Bonchev–Trinajstić information content (AvgIpc) is 3.03. The van der Waals surface area contributed by atoms with E-state index in [0.29, 0.717) is 39.8 Å². The Morgan fingerprint density at radius 1 is 0.871 bits per heavy atom. The number of hydrogen-bond donors (Lipinski definition) is 0. The van der Waals surface area contributed by atoms with E-state index in [1.54, 1.807) is 31.4 Å². The Hall–Kier alpha value is -3.02. The maximum Gasteiger partial charge on any atom is 0.268 e. The van der Waals surface area contributed by atoms with E-state index in [9.17, 15) is 9.59 Å². The van der Waals surface area contributed by atoms with Gasteiger partial charge in [0.25, 0.3) is 11.8 Å². The summed E-state index contributed by atoms with van der Waals surface area (Å²) in [7, 11) is 1.59. The molecule has 0 aliphatic carbocycles. The minimum Gasteiger partial charge on any atom is -0.497 e. The number of benzene rings is 3. The standard InChI is InChI=1S/C25H20ClNO3S/c1-30-20-11-7-18(8-12-20)22-23(31-21-13-9-19(26)10-14-21)25(29)27(24(22)28)16-15-17-5-3-2-4-6-17/h2-14H,15-16H2,1H3. The summed E-state index contributed by atoms with van der Waals surface area (Å²) in [6.45, 7) is 0.325. The first-order valence-electron chi connectivity index (χ1n) is 9.79. The minimum atomic E-state index is -0.275. The van der Waals surface area contributed by atoms with Crippen molar-refractivity contribution in [3.05, 3.63) is 99.9 Å². The molecule has 4 rings (SSSR count). The molecule has 6 heteroatoms. The first-order chi connectivity index (χ1) is 15.1. The minimum absolute atomic E-state index is 0.272. The molecule has 3 aromatic rings. The first-order valence-corrected chi connectivity index (χ1v) is 11.0. The van der Waals surface area contributed by atoms with Crippen LogP contribution in [0, 0.1) is 0 Å². The van der Waals surface area contributed by atoms with Crippen LogP contribution < -0.4 is 4.74 Å². The number of hydrogen-bond acceptors (Lipinski definition) is 4. The number of rotatable bonds is 7. The van der Waals surface area contributed by atoms with Crippen molar-refractivity contribution in [3.8, 4) is 5.75 Å². The van der Waals surface area contributed by atoms with E-state index in [0.717, 1.165) is 10.5 Å². The summed E-state index contributed by atoms with van der Waals surface area (Å²) in [6, 6.07) is 24.2. The Labute approximate surface area is 190 Å². The molecule has 0 aromatic heterocycles. The number of amides is 2. The Morgan fingerprint density at radius 2 is 1.55 bits per heavy atom. The van der Waals surface area contributed by atoms with Gasteiger partial charge < -0.3 is 4.74 Å². The zero-order valence-electron chi connectivity index (χ0n) is 16.9. The molecule has 1 aliphatic rings. The molecule has 0 N–H and O–H groups in total. The van der Waals surface area contributed by atoms with E-state index >= 15 is 0 Å². The summed E-state index contributed by atoms with van der Waals surface area (Å²) in [6.07, 6.45) is 0.604. The predicted octanol–water partition coefficient (Wildman–Crippen LogP) is 5.46. The molecule has 0 unspecified atom stereocenters. The molecule has 0 fully saturated rings. The lowest BCUT2D eigenvalue weighted by Crippen LogP contribution is -2.33. The quantitative estimate of drug-likeness (QED) is 0.449. The molecule has 0 atom stereocenters. The van der Waals surface area contributed by atoms with Gasteiger partial charge in [0, 0.05) is 16.5 Å². The van der Waals surface area contributed by atoms with E-state index in [1.807, 2.05) is 54.6 Å². The van der Waals surface area contributed by atoms with E-state index in [1.165, 1.54) is 16.7 Å². The van der Waals surface area contributed by atoms with Crippen LogP contribution in [0.3, 0.4) is 0 Å². The molecule has 0 spiro atoms. The van der Waals surface area contributed by atoms with Crippen LogP contribution in [0.15, 0.2) is 88.7 Å². The van der Waals surface area contributed by atoms with Crippen molar-refractivity contribution >= 4 is 40.8 Å². The SMILES string of the molecule is COc1ccc(C2=C(Sc3ccc(Cl)cc3)C(=O)N(CCc3ccccc3)C2=O)cc1.